The molecular formula is C15H16ClNO2. The summed E-state index contributed by atoms with van der Waals surface area (Å²) in [5, 5.41) is 10.9. The van der Waals surface area contributed by atoms with Crippen molar-refractivity contribution >= 4 is 28.5 Å². The first-order valence-corrected chi connectivity index (χ1v) is 7.00. The van der Waals surface area contributed by atoms with Crippen molar-refractivity contribution in [3.05, 3.63) is 34.5 Å². The van der Waals surface area contributed by atoms with Crippen LogP contribution in [-0.2, 0) is 0 Å². The Bertz CT molecular complexity index is 654. The minimum Gasteiger partial charge on any atom is -0.478 e. The summed E-state index contributed by atoms with van der Waals surface area (Å²) in [7, 11) is 0. The van der Waals surface area contributed by atoms with Crippen LogP contribution in [0.2, 0.25) is 5.02 Å². The molecule has 0 radical (unpaired) electrons. The first kappa shape index (κ1) is 12.5. The normalized spacial score (nSPS) is 16.3. The first-order valence-electron chi connectivity index (χ1n) is 6.63. The van der Waals surface area contributed by atoms with E-state index in [2.05, 4.69) is 4.57 Å². The van der Waals surface area contributed by atoms with E-state index in [9.17, 15) is 9.90 Å². The lowest BCUT2D eigenvalue weighted by Crippen LogP contribution is -2.08. The molecule has 100 valence electrons. The van der Waals surface area contributed by atoms with E-state index in [0.717, 1.165) is 29.4 Å². The van der Waals surface area contributed by atoms with Gasteiger partial charge in [-0.05, 0) is 31.9 Å². The summed E-state index contributed by atoms with van der Waals surface area (Å²) in [5.74, 6) is -0.860. The van der Waals surface area contributed by atoms with Gasteiger partial charge in [0.25, 0.3) is 0 Å². The highest BCUT2D eigenvalue weighted by Crippen LogP contribution is 2.37. The van der Waals surface area contributed by atoms with Gasteiger partial charge in [0.15, 0.2) is 0 Å². The van der Waals surface area contributed by atoms with E-state index < -0.39 is 5.97 Å². The van der Waals surface area contributed by atoms with Crippen LogP contribution in [0.1, 0.15) is 47.8 Å². The molecule has 1 N–H and O–H groups in total. The average molecular weight is 278 g/mol. The maximum atomic E-state index is 11.5. The van der Waals surface area contributed by atoms with Gasteiger partial charge in [-0.2, -0.15) is 0 Å². The monoisotopic (exact) mass is 277 g/mol. The lowest BCUT2D eigenvalue weighted by atomic mass is 10.1. The number of carboxylic acids is 1. The topological polar surface area (TPSA) is 42.2 Å². The van der Waals surface area contributed by atoms with Crippen molar-refractivity contribution in [3.63, 3.8) is 0 Å². The van der Waals surface area contributed by atoms with Crippen LogP contribution in [0, 0.1) is 6.92 Å². The van der Waals surface area contributed by atoms with E-state index >= 15 is 0 Å². The van der Waals surface area contributed by atoms with E-state index in [1.807, 2.05) is 19.1 Å². The minimum atomic E-state index is -0.860. The summed E-state index contributed by atoms with van der Waals surface area (Å²) in [4.78, 5) is 11.5. The van der Waals surface area contributed by atoms with E-state index in [1.165, 1.54) is 12.8 Å². The van der Waals surface area contributed by atoms with Gasteiger partial charge in [0, 0.05) is 22.1 Å². The second kappa shape index (κ2) is 4.57. The van der Waals surface area contributed by atoms with Crippen molar-refractivity contribution in [2.24, 2.45) is 0 Å². The maximum Gasteiger partial charge on any atom is 0.338 e. The van der Waals surface area contributed by atoms with Crippen LogP contribution < -0.4 is 0 Å². The van der Waals surface area contributed by atoms with E-state index in [1.54, 1.807) is 6.07 Å². The van der Waals surface area contributed by atoms with Crippen molar-refractivity contribution in [3.8, 4) is 0 Å². The highest BCUT2D eigenvalue weighted by Gasteiger charge is 2.25. The predicted octanol–water partition coefficient (Wildman–Crippen LogP) is 4.42. The van der Waals surface area contributed by atoms with Gasteiger partial charge in [-0.15, -0.1) is 0 Å². The second-order valence-corrected chi connectivity index (χ2v) is 5.67. The van der Waals surface area contributed by atoms with Crippen LogP contribution in [0.25, 0.3) is 10.9 Å². The van der Waals surface area contributed by atoms with Crippen LogP contribution in [0.4, 0.5) is 0 Å². The number of rotatable bonds is 2. The number of hydrogen-bond donors (Lipinski definition) is 1. The third-order valence-electron chi connectivity index (χ3n) is 4.12. The molecule has 1 saturated carbocycles. The number of aromatic nitrogens is 1. The lowest BCUT2D eigenvalue weighted by Gasteiger charge is -2.16. The predicted molar refractivity (Wildman–Crippen MR) is 76.1 cm³/mol. The van der Waals surface area contributed by atoms with E-state index in [4.69, 9.17) is 11.6 Å². The zero-order chi connectivity index (χ0) is 13.6. The first-order chi connectivity index (χ1) is 9.09. The second-order valence-electron chi connectivity index (χ2n) is 5.24. The van der Waals surface area contributed by atoms with Crippen LogP contribution in [0.3, 0.4) is 0 Å². The average Bonchev–Trinajstić information content (AvgIpc) is 2.93. The Labute approximate surface area is 116 Å². The molecule has 0 spiro atoms. The van der Waals surface area contributed by atoms with Crippen LogP contribution >= 0.6 is 11.6 Å². The molecule has 3 nitrogen and oxygen atoms in total. The molecule has 2 aromatic rings. The fraction of sp³-hybridized carbons (Fsp3) is 0.400. The summed E-state index contributed by atoms with van der Waals surface area (Å²) in [6.07, 6.45) is 4.67. The third-order valence-corrected chi connectivity index (χ3v) is 4.35. The van der Waals surface area contributed by atoms with Crippen molar-refractivity contribution in [1.29, 1.82) is 0 Å². The van der Waals surface area contributed by atoms with Crippen LogP contribution in [0.15, 0.2) is 18.2 Å². The number of nitrogens with zero attached hydrogens (tertiary/aromatic N) is 1. The van der Waals surface area contributed by atoms with Crippen LogP contribution in [-0.4, -0.2) is 15.6 Å². The van der Waals surface area contributed by atoms with Crippen LogP contribution in [0.5, 0.6) is 0 Å². The summed E-state index contributed by atoms with van der Waals surface area (Å²) in [6, 6.07) is 5.87. The Morgan fingerprint density at radius 1 is 1.37 bits per heavy atom. The van der Waals surface area contributed by atoms with Gasteiger partial charge >= 0.3 is 5.97 Å². The third kappa shape index (κ3) is 1.93. The molecular weight excluding hydrogens is 262 g/mol. The zero-order valence-electron chi connectivity index (χ0n) is 10.8. The fourth-order valence-corrected chi connectivity index (χ4v) is 3.48. The Morgan fingerprint density at radius 3 is 2.68 bits per heavy atom. The molecule has 0 amide bonds. The van der Waals surface area contributed by atoms with Crippen molar-refractivity contribution in [2.45, 2.75) is 38.6 Å². The van der Waals surface area contributed by atoms with Gasteiger partial charge < -0.3 is 9.67 Å². The Balaban J connectivity index is 2.32. The molecule has 1 fully saturated rings. The van der Waals surface area contributed by atoms with Gasteiger partial charge in [-0.3, -0.25) is 0 Å². The highest BCUT2D eigenvalue weighted by molar-refractivity contribution is 6.31. The highest BCUT2D eigenvalue weighted by atomic mass is 35.5. The van der Waals surface area contributed by atoms with Gasteiger partial charge in [0.2, 0.25) is 0 Å². The van der Waals surface area contributed by atoms with E-state index in [-0.39, 0.29) is 0 Å². The minimum absolute atomic E-state index is 0.411. The fourth-order valence-electron chi connectivity index (χ4n) is 3.31. The SMILES string of the molecule is Cc1c(C(=O)O)c2ccc(Cl)cc2n1C1CCCC1. The Morgan fingerprint density at radius 2 is 2.05 bits per heavy atom. The standard InChI is InChI=1S/C15H16ClNO2/c1-9-14(15(18)19)12-7-6-10(16)8-13(12)17(9)11-4-2-3-5-11/h6-8,11H,2-5H2,1H3,(H,18,19). The summed E-state index contributed by atoms with van der Waals surface area (Å²) in [6.45, 7) is 1.90. The van der Waals surface area contributed by atoms with Gasteiger partial charge in [-0.25, -0.2) is 4.79 Å². The molecule has 0 aliphatic heterocycles. The summed E-state index contributed by atoms with van der Waals surface area (Å²) >= 11 is 6.08. The molecule has 3 rings (SSSR count). The van der Waals surface area contributed by atoms with Crippen molar-refractivity contribution in [2.75, 3.05) is 0 Å². The number of benzene rings is 1. The number of halogens is 1. The number of hydrogen-bond acceptors (Lipinski definition) is 1. The number of aromatic carboxylic acids is 1. The zero-order valence-corrected chi connectivity index (χ0v) is 11.6. The maximum absolute atomic E-state index is 11.5. The van der Waals surface area contributed by atoms with Gasteiger partial charge in [-0.1, -0.05) is 30.5 Å². The lowest BCUT2D eigenvalue weighted by molar-refractivity contribution is 0.0698. The molecule has 1 aromatic heterocycles. The van der Waals surface area contributed by atoms with Gasteiger partial charge in [0.1, 0.15) is 0 Å². The molecule has 1 aliphatic carbocycles. The molecule has 1 aliphatic rings. The number of fused-ring (bicyclic) bond motifs is 1. The molecule has 1 aromatic carbocycles. The quantitative estimate of drug-likeness (QED) is 0.883. The molecule has 1 heterocycles. The molecule has 4 heteroatoms. The molecule has 0 saturated heterocycles. The van der Waals surface area contributed by atoms with Gasteiger partial charge in [0.05, 0.1) is 11.1 Å². The number of carboxylic acid groups (broad SMARTS) is 1. The molecule has 0 atom stereocenters. The van der Waals surface area contributed by atoms with Crippen molar-refractivity contribution in [1.82, 2.24) is 4.57 Å². The van der Waals surface area contributed by atoms with E-state index in [0.29, 0.717) is 16.6 Å². The molecule has 0 bridgehead atoms. The largest absolute Gasteiger partial charge is 0.478 e. The molecule has 19 heavy (non-hydrogen) atoms. The summed E-state index contributed by atoms with van der Waals surface area (Å²) < 4.78 is 2.18. The smallest absolute Gasteiger partial charge is 0.338 e. The number of carbonyl (C=O) groups is 1. The Hall–Kier alpha value is -1.48. The van der Waals surface area contributed by atoms with Crippen molar-refractivity contribution < 1.29 is 9.90 Å². The Kier molecular flexibility index (Phi) is 3.02. The molecule has 0 unspecified atom stereocenters. The summed E-state index contributed by atoms with van der Waals surface area (Å²) in [5.41, 5.74) is 2.21.